The molecule has 0 radical (unpaired) electrons. The van der Waals surface area contributed by atoms with Crippen molar-refractivity contribution in [2.45, 2.75) is 37.1 Å². The van der Waals surface area contributed by atoms with Crippen molar-refractivity contribution in [2.24, 2.45) is 5.92 Å². The van der Waals surface area contributed by atoms with Crippen molar-refractivity contribution < 1.29 is 13.2 Å². The summed E-state index contributed by atoms with van der Waals surface area (Å²) in [4.78, 5) is 16.8. The van der Waals surface area contributed by atoms with Crippen LogP contribution >= 0.6 is 15.9 Å². The maximum absolute atomic E-state index is 12.8. The van der Waals surface area contributed by atoms with E-state index in [1.807, 2.05) is 10.8 Å². The Morgan fingerprint density at radius 3 is 2.75 bits per heavy atom. The van der Waals surface area contributed by atoms with Crippen molar-refractivity contribution in [3.8, 4) is 0 Å². The summed E-state index contributed by atoms with van der Waals surface area (Å²) in [5.41, 5.74) is 0. The summed E-state index contributed by atoms with van der Waals surface area (Å²) in [5.74, 6) is -0.356. The number of sulfonamides is 1. The second-order valence-electron chi connectivity index (χ2n) is 6.95. The van der Waals surface area contributed by atoms with E-state index < -0.39 is 10.0 Å². The highest BCUT2D eigenvalue weighted by Gasteiger charge is 2.33. The van der Waals surface area contributed by atoms with E-state index in [4.69, 9.17) is 0 Å². The van der Waals surface area contributed by atoms with E-state index in [1.165, 1.54) is 4.31 Å². The number of aryl methyl sites for hydroxylation is 1. The van der Waals surface area contributed by atoms with Gasteiger partial charge in [0.2, 0.25) is 15.9 Å². The SMILES string of the molecule is O=C(NCCCCn1ccnc1)C1CCCN(S(=O)(=O)c2ccc(Br)cc2)C1. The second kappa shape index (κ2) is 9.67. The average molecular weight is 469 g/mol. The van der Waals surface area contributed by atoms with Gasteiger partial charge in [0.1, 0.15) is 0 Å². The fourth-order valence-electron chi connectivity index (χ4n) is 3.32. The Morgan fingerprint density at radius 1 is 1.25 bits per heavy atom. The van der Waals surface area contributed by atoms with Crippen molar-refractivity contribution in [3.63, 3.8) is 0 Å². The van der Waals surface area contributed by atoms with Gasteiger partial charge in [0, 0.05) is 43.0 Å². The molecule has 2 heterocycles. The first-order valence-electron chi connectivity index (χ1n) is 9.46. The minimum Gasteiger partial charge on any atom is -0.356 e. The third-order valence-corrected chi connectivity index (χ3v) is 7.32. The first kappa shape index (κ1) is 21.0. The minimum atomic E-state index is -3.58. The number of amides is 1. The minimum absolute atomic E-state index is 0.0571. The fourth-order valence-corrected chi connectivity index (χ4v) is 5.11. The number of halogens is 1. The van der Waals surface area contributed by atoms with Gasteiger partial charge in [-0.05, 0) is 49.9 Å². The lowest BCUT2D eigenvalue weighted by molar-refractivity contribution is -0.126. The summed E-state index contributed by atoms with van der Waals surface area (Å²) in [6, 6.07) is 6.60. The highest BCUT2D eigenvalue weighted by Crippen LogP contribution is 2.25. The molecule has 0 aliphatic carbocycles. The van der Waals surface area contributed by atoms with Crippen molar-refractivity contribution in [1.82, 2.24) is 19.2 Å². The Morgan fingerprint density at radius 2 is 2.04 bits per heavy atom. The van der Waals surface area contributed by atoms with Gasteiger partial charge < -0.3 is 9.88 Å². The largest absolute Gasteiger partial charge is 0.356 e. The number of imidazole rings is 1. The highest BCUT2D eigenvalue weighted by molar-refractivity contribution is 9.10. The van der Waals surface area contributed by atoms with Crippen LogP contribution in [0, 0.1) is 5.92 Å². The topological polar surface area (TPSA) is 84.3 Å². The van der Waals surface area contributed by atoms with Gasteiger partial charge in [0.25, 0.3) is 0 Å². The molecule has 2 aromatic rings. The molecule has 1 aliphatic heterocycles. The molecule has 1 amide bonds. The molecule has 1 atom stereocenters. The van der Waals surface area contributed by atoms with Gasteiger partial charge in [-0.25, -0.2) is 13.4 Å². The molecule has 152 valence electrons. The summed E-state index contributed by atoms with van der Waals surface area (Å²) in [6.45, 7) is 2.16. The van der Waals surface area contributed by atoms with Crippen LogP contribution in [0.3, 0.4) is 0 Å². The smallest absolute Gasteiger partial charge is 0.243 e. The first-order valence-corrected chi connectivity index (χ1v) is 11.7. The standard InChI is InChI=1S/C19H25BrN4O3S/c20-17-5-7-18(8-6-17)28(26,27)24-12-3-4-16(14-24)19(25)22-9-1-2-11-23-13-10-21-15-23/h5-8,10,13,15-16H,1-4,9,11-12,14H2,(H,22,25). The Labute approximate surface area is 174 Å². The zero-order valence-corrected chi connectivity index (χ0v) is 18.0. The molecule has 1 saturated heterocycles. The van der Waals surface area contributed by atoms with E-state index in [-0.39, 0.29) is 23.3 Å². The van der Waals surface area contributed by atoms with Crippen LogP contribution in [-0.4, -0.2) is 47.8 Å². The lowest BCUT2D eigenvalue weighted by Crippen LogP contribution is -2.45. The Balaban J connectivity index is 1.48. The second-order valence-corrected chi connectivity index (χ2v) is 9.81. The molecule has 1 unspecified atom stereocenters. The van der Waals surface area contributed by atoms with Gasteiger partial charge in [-0.1, -0.05) is 15.9 Å². The van der Waals surface area contributed by atoms with Crippen molar-refractivity contribution in [2.75, 3.05) is 19.6 Å². The third kappa shape index (κ3) is 5.42. The maximum Gasteiger partial charge on any atom is 0.243 e. The number of rotatable bonds is 8. The molecule has 1 N–H and O–H groups in total. The van der Waals surface area contributed by atoms with Gasteiger partial charge in [0.05, 0.1) is 17.1 Å². The molecular weight excluding hydrogens is 444 g/mol. The number of nitrogens with zero attached hydrogens (tertiary/aromatic N) is 3. The van der Waals surface area contributed by atoms with Gasteiger partial charge in [0.15, 0.2) is 0 Å². The molecule has 0 spiro atoms. The molecule has 1 fully saturated rings. The average Bonchev–Trinajstić information content (AvgIpc) is 3.21. The number of aromatic nitrogens is 2. The van der Waals surface area contributed by atoms with E-state index in [2.05, 4.69) is 26.2 Å². The summed E-state index contributed by atoms with van der Waals surface area (Å²) in [5, 5.41) is 2.96. The molecule has 9 heteroatoms. The van der Waals surface area contributed by atoms with E-state index in [9.17, 15) is 13.2 Å². The number of nitrogens with one attached hydrogen (secondary N) is 1. The third-order valence-electron chi connectivity index (χ3n) is 4.91. The van der Waals surface area contributed by atoms with Crippen LogP contribution in [0.5, 0.6) is 0 Å². The van der Waals surface area contributed by atoms with Crippen LogP contribution in [-0.2, 0) is 21.4 Å². The number of benzene rings is 1. The summed E-state index contributed by atoms with van der Waals surface area (Å²) in [6.07, 6.45) is 8.67. The molecule has 28 heavy (non-hydrogen) atoms. The summed E-state index contributed by atoms with van der Waals surface area (Å²) < 4.78 is 30.0. The zero-order valence-electron chi connectivity index (χ0n) is 15.6. The molecule has 0 bridgehead atoms. The van der Waals surface area contributed by atoms with Crippen LogP contribution < -0.4 is 5.32 Å². The molecule has 7 nitrogen and oxygen atoms in total. The lowest BCUT2D eigenvalue weighted by atomic mass is 9.99. The molecule has 1 aromatic heterocycles. The molecule has 0 saturated carbocycles. The van der Waals surface area contributed by atoms with E-state index in [0.717, 1.165) is 23.9 Å². The van der Waals surface area contributed by atoms with Gasteiger partial charge >= 0.3 is 0 Å². The van der Waals surface area contributed by atoms with Gasteiger partial charge in [-0.15, -0.1) is 0 Å². The Bertz CT molecular complexity index is 869. The predicted molar refractivity (Wildman–Crippen MR) is 110 cm³/mol. The van der Waals surface area contributed by atoms with Crippen LogP contribution in [0.25, 0.3) is 0 Å². The maximum atomic E-state index is 12.8. The van der Waals surface area contributed by atoms with Gasteiger partial charge in [-0.2, -0.15) is 4.31 Å². The molecule has 1 aliphatic rings. The number of carbonyl (C=O) groups is 1. The summed E-state index contributed by atoms with van der Waals surface area (Å²) in [7, 11) is -3.58. The quantitative estimate of drug-likeness (QED) is 0.603. The summed E-state index contributed by atoms with van der Waals surface area (Å²) >= 11 is 3.32. The van der Waals surface area contributed by atoms with Crippen LogP contribution in [0.1, 0.15) is 25.7 Å². The van der Waals surface area contributed by atoms with Gasteiger partial charge in [-0.3, -0.25) is 4.79 Å². The van der Waals surface area contributed by atoms with Crippen molar-refractivity contribution in [3.05, 3.63) is 47.5 Å². The molecule has 1 aromatic carbocycles. The van der Waals surface area contributed by atoms with Crippen LogP contribution in [0.2, 0.25) is 0 Å². The van der Waals surface area contributed by atoms with Crippen LogP contribution in [0.15, 0.2) is 52.4 Å². The van der Waals surface area contributed by atoms with E-state index in [1.54, 1.807) is 36.8 Å². The van der Waals surface area contributed by atoms with E-state index >= 15 is 0 Å². The van der Waals surface area contributed by atoms with Crippen molar-refractivity contribution in [1.29, 1.82) is 0 Å². The number of carbonyl (C=O) groups excluding carboxylic acids is 1. The first-order chi connectivity index (χ1) is 13.5. The van der Waals surface area contributed by atoms with Crippen LogP contribution in [0.4, 0.5) is 0 Å². The number of hydrogen-bond donors (Lipinski definition) is 1. The number of hydrogen-bond acceptors (Lipinski definition) is 4. The number of unbranched alkanes of at least 4 members (excludes halogenated alkanes) is 1. The Hall–Kier alpha value is -1.71. The number of piperidine rings is 1. The predicted octanol–water partition coefficient (Wildman–Crippen LogP) is 2.64. The van der Waals surface area contributed by atoms with E-state index in [0.29, 0.717) is 25.9 Å². The molecule has 3 rings (SSSR count). The molecular formula is C19H25BrN4O3S. The monoisotopic (exact) mass is 468 g/mol. The Kier molecular flexibility index (Phi) is 7.25. The zero-order chi connectivity index (χ0) is 20.0. The highest BCUT2D eigenvalue weighted by atomic mass is 79.9. The fraction of sp³-hybridized carbons (Fsp3) is 0.474. The lowest BCUT2D eigenvalue weighted by Gasteiger charge is -2.31. The van der Waals surface area contributed by atoms with Crippen molar-refractivity contribution >= 4 is 31.9 Å². The normalized spacial score (nSPS) is 18.1.